The molecule has 106 valence electrons. The highest BCUT2D eigenvalue weighted by molar-refractivity contribution is 5.84. The molecule has 2 atom stereocenters. The van der Waals surface area contributed by atoms with Gasteiger partial charge in [-0.1, -0.05) is 0 Å². The summed E-state index contributed by atoms with van der Waals surface area (Å²) in [7, 11) is 0. The zero-order valence-electron chi connectivity index (χ0n) is 10.7. The summed E-state index contributed by atoms with van der Waals surface area (Å²) in [6.07, 6.45) is 2.51. The molecule has 6 nitrogen and oxygen atoms in total. The van der Waals surface area contributed by atoms with Crippen LogP contribution >= 0.6 is 0 Å². The van der Waals surface area contributed by atoms with Crippen molar-refractivity contribution in [3.8, 4) is 0 Å². The molecule has 1 saturated carbocycles. The fourth-order valence-corrected chi connectivity index (χ4v) is 4.17. The maximum absolute atomic E-state index is 11.9. The highest BCUT2D eigenvalue weighted by atomic mass is 16.6. The van der Waals surface area contributed by atoms with Crippen LogP contribution in [-0.2, 0) is 19.1 Å². The maximum Gasteiger partial charge on any atom is 0.336 e. The van der Waals surface area contributed by atoms with Crippen LogP contribution in [0.1, 0.15) is 38.5 Å². The van der Waals surface area contributed by atoms with E-state index in [0.717, 1.165) is 0 Å². The second-order valence-electron chi connectivity index (χ2n) is 5.93. The molecule has 3 rings (SSSR count). The molecule has 2 bridgehead atoms. The largest absolute Gasteiger partial charge is 0.481 e. The summed E-state index contributed by atoms with van der Waals surface area (Å²) in [5.41, 5.74) is -3.24. The normalized spacial score (nSPS) is 40.2. The standard InChI is InChI=1S/C13H18O6/c14-9(15)11-2-1-3-12(8-11,10(16)17)19-13(11)4-6-18-7-5-13/h1-8H2,(H,14,15)(H,16,17). The number of hydrogen-bond donors (Lipinski definition) is 2. The predicted octanol–water partition coefficient (Wildman–Crippen LogP) is 1.03. The highest BCUT2D eigenvalue weighted by Crippen LogP contribution is 2.62. The molecule has 19 heavy (non-hydrogen) atoms. The number of aliphatic carboxylic acids is 2. The topological polar surface area (TPSA) is 93.1 Å². The van der Waals surface area contributed by atoms with Gasteiger partial charge in [0.15, 0.2) is 5.60 Å². The van der Waals surface area contributed by atoms with Gasteiger partial charge in [-0.25, -0.2) is 4.79 Å². The Morgan fingerprint density at radius 2 is 1.63 bits per heavy atom. The zero-order valence-corrected chi connectivity index (χ0v) is 10.7. The number of carboxylic acids is 2. The predicted molar refractivity (Wildman–Crippen MR) is 62.8 cm³/mol. The smallest absolute Gasteiger partial charge is 0.336 e. The van der Waals surface area contributed by atoms with Crippen LogP contribution in [0.2, 0.25) is 0 Å². The van der Waals surface area contributed by atoms with Gasteiger partial charge in [-0.3, -0.25) is 4.79 Å². The summed E-state index contributed by atoms with van der Waals surface area (Å²) in [5.74, 6) is -1.95. The quantitative estimate of drug-likeness (QED) is 0.778. The first kappa shape index (κ1) is 12.9. The van der Waals surface area contributed by atoms with Gasteiger partial charge in [0.05, 0.1) is 5.60 Å². The number of carboxylic acid groups (broad SMARTS) is 2. The first-order valence-corrected chi connectivity index (χ1v) is 6.71. The molecule has 0 aromatic heterocycles. The van der Waals surface area contributed by atoms with Crippen molar-refractivity contribution < 1.29 is 29.3 Å². The first-order chi connectivity index (χ1) is 8.97. The lowest BCUT2D eigenvalue weighted by molar-refractivity contribution is -0.194. The third kappa shape index (κ3) is 1.50. The van der Waals surface area contributed by atoms with E-state index < -0.39 is 28.6 Å². The van der Waals surface area contributed by atoms with E-state index in [4.69, 9.17) is 9.47 Å². The zero-order chi connectivity index (χ0) is 13.7. The monoisotopic (exact) mass is 270 g/mol. The molecular weight excluding hydrogens is 252 g/mol. The molecule has 3 aliphatic rings. The van der Waals surface area contributed by atoms with Gasteiger partial charge in [-0.15, -0.1) is 0 Å². The van der Waals surface area contributed by atoms with Crippen LogP contribution < -0.4 is 0 Å². The van der Waals surface area contributed by atoms with E-state index in [9.17, 15) is 19.8 Å². The molecule has 0 radical (unpaired) electrons. The van der Waals surface area contributed by atoms with Crippen LogP contribution in [0.5, 0.6) is 0 Å². The maximum atomic E-state index is 11.9. The van der Waals surface area contributed by atoms with Crippen LogP contribution in [0.25, 0.3) is 0 Å². The van der Waals surface area contributed by atoms with Crippen molar-refractivity contribution in [2.75, 3.05) is 13.2 Å². The molecule has 2 unspecified atom stereocenters. The molecule has 2 N–H and O–H groups in total. The molecule has 1 aliphatic carbocycles. The molecule has 2 saturated heterocycles. The molecule has 6 heteroatoms. The van der Waals surface area contributed by atoms with Crippen molar-refractivity contribution in [1.82, 2.24) is 0 Å². The van der Waals surface area contributed by atoms with E-state index in [1.54, 1.807) is 0 Å². The fraction of sp³-hybridized carbons (Fsp3) is 0.846. The van der Waals surface area contributed by atoms with Gasteiger partial charge in [0.25, 0.3) is 0 Å². The average Bonchev–Trinajstić information content (AvgIpc) is 2.57. The third-order valence-corrected chi connectivity index (χ3v) is 5.13. The Balaban J connectivity index is 2.08. The van der Waals surface area contributed by atoms with Crippen molar-refractivity contribution in [2.45, 2.75) is 49.7 Å². The summed E-state index contributed by atoms with van der Waals surface area (Å²) in [5, 5.41) is 19.2. The van der Waals surface area contributed by atoms with E-state index in [1.165, 1.54) is 0 Å². The molecule has 1 spiro atoms. The van der Waals surface area contributed by atoms with Crippen LogP contribution in [0.3, 0.4) is 0 Å². The Hall–Kier alpha value is -1.14. The van der Waals surface area contributed by atoms with Gasteiger partial charge in [-0.2, -0.15) is 0 Å². The van der Waals surface area contributed by atoms with Gasteiger partial charge in [0.1, 0.15) is 5.41 Å². The average molecular weight is 270 g/mol. The summed E-state index contributed by atoms with van der Waals surface area (Å²) in [4.78, 5) is 23.4. The SMILES string of the molecule is O=C(O)C12CCCC(C(=O)O)(C1)C1(CCOCC1)O2. The number of ether oxygens (including phenoxy) is 2. The summed E-state index contributed by atoms with van der Waals surface area (Å²) in [6.45, 7) is 0.870. The summed E-state index contributed by atoms with van der Waals surface area (Å²) < 4.78 is 11.3. The second-order valence-corrected chi connectivity index (χ2v) is 5.93. The summed E-state index contributed by atoms with van der Waals surface area (Å²) >= 11 is 0. The molecule has 2 heterocycles. The minimum Gasteiger partial charge on any atom is -0.481 e. The van der Waals surface area contributed by atoms with Crippen molar-refractivity contribution in [2.24, 2.45) is 5.41 Å². The van der Waals surface area contributed by atoms with E-state index in [-0.39, 0.29) is 6.42 Å². The van der Waals surface area contributed by atoms with Crippen LogP contribution in [0, 0.1) is 5.41 Å². The first-order valence-electron chi connectivity index (χ1n) is 6.71. The van der Waals surface area contributed by atoms with Gasteiger partial charge >= 0.3 is 11.9 Å². The Bertz CT molecular complexity index is 427. The van der Waals surface area contributed by atoms with Gasteiger partial charge in [0, 0.05) is 32.5 Å². The van der Waals surface area contributed by atoms with Gasteiger partial charge in [-0.05, 0) is 19.3 Å². The number of rotatable bonds is 2. The van der Waals surface area contributed by atoms with E-state index >= 15 is 0 Å². The second kappa shape index (κ2) is 3.93. The fourth-order valence-electron chi connectivity index (χ4n) is 4.17. The number of carbonyl (C=O) groups is 2. The molecule has 0 aromatic rings. The van der Waals surface area contributed by atoms with Crippen LogP contribution in [-0.4, -0.2) is 46.6 Å². The highest BCUT2D eigenvalue weighted by Gasteiger charge is 2.72. The lowest BCUT2D eigenvalue weighted by Gasteiger charge is -2.43. The van der Waals surface area contributed by atoms with Crippen molar-refractivity contribution in [3.63, 3.8) is 0 Å². The Labute approximate surface area is 110 Å². The molecule has 0 aromatic carbocycles. The summed E-state index contributed by atoms with van der Waals surface area (Å²) in [6, 6.07) is 0. The third-order valence-electron chi connectivity index (χ3n) is 5.13. The Morgan fingerprint density at radius 1 is 0.947 bits per heavy atom. The van der Waals surface area contributed by atoms with Crippen molar-refractivity contribution in [1.29, 1.82) is 0 Å². The van der Waals surface area contributed by atoms with Crippen LogP contribution in [0.15, 0.2) is 0 Å². The molecule has 2 aliphatic heterocycles. The van der Waals surface area contributed by atoms with Crippen molar-refractivity contribution in [3.05, 3.63) is 0 Å². The van der Waals surface area contributed by atoms with Crippen molar-refractivity contribution >= 4 is 11.9 Å². The molecule has 3 fully saturated rings. The molecule has 0 amide bonds. The number of fused-ring (bicyclic) bond motifs is 3. The van der Waals surface area contributed by atoms with Crippen LogP contribution in [0.4, 0.5) is 0 Å². The van der Waals surface area contributed by atoms with E-state index in [2.05, 4.69) is 0 Å². The minimum atomic E-state index is -1.31. The number of hydrogen-bond acceptors (Lipinski definition) is 4. The lowest BCUT2D eigenvalue weighted by atomic mass is 9.60. The van der Waals surface area contributed by atoms with E-state index in [0.29, 0.717) is 45.3 Å². The van der Waals surface area contributed by atoms with E-state index in [1.807, 2.05) is 0 Å². The lowest BCUT2D eigenvalue weighted by Crippen LogP contribution is -2.53. The van der Waals surface area contributed by atoms with Gasteiger partial charge < -0.3 is 19.7 Å². The molecular formula is C13H18O6. The Kier molecular flexibility index (Phi) is 2.66. The minimum absolute atomic E-state index is 0.0880. The Morgan fingerprint density at radius 3 is 2.21 bits per heavy atom. The van der Waals surface area contributed by atoms with Gasteiger partial charge in [0.2, 0.25) is 0 Å².